The van der Waals surface area contributed by atoms with Crippen molar-refractivity contribution in [3.8, 4) is 17.2 Å². The first-order chi connectivity index (χ1) is 10.2. The number of ether oxygens (including phenoxy) is 3. The van der Waals surface area contributed by atoms with Crippen LogP contribution in [0.1, 0.15) is 17.2 Å². The molecular weight excluding hydrogens is 266 g/mol. The molecule has 1 atom stereocenters. The Balaban J connectivity index is 2.25. The second-order valence-electron chi connectivity index (χ2n) is 4.77. The van der Waals surface area contributed by atoms with Crippen molar-refractivity contribution in [2.24, 2.45) is 5.73 Å². The normalized spacial score (nSPS) is 11.8. The van der Waals surface area contributed by atoms with Crippen LogP contribution in [0.15, 0.2) is 42.5 Å². The van der Waals surface area contributed by atoms with E-state index in [4.69, 9.17) is 19.9 Å². The van der Waals surface area contributed by atoms with Gasteiger partial charge in [0.25, 0.3) is 0 Å². The molecule has 0 amide bonds. The molecule has 0 aliphatic carbocycles. The third kappa shape index (κ3) is 3.67. The predicted molar refractivity (Wildman–Crippen MR) is 83.2 cm³/mol. The standard InChI is InChI=1S/C17H21NO3/c1-19-14-8-13(9-15(11-14)20-2)16(18)10-12-6-4-5-7-17(12)21-3/h4-9,11,16H,10,18H2,1-3H3. The van der Waals surface area contributed by atoms with Gasteiger partial charge in [-0.3, -0.25) is 0 Å². The van der Waals surface area contributed by atoms with E-state index >= 15 is 0 Å². The van der Waals surface area contributed by atoms with Gasteiger partial charge in [0.15, 0.2) is 0 Å². The second-order valence-corrected chi connectivity index (χ2v) is 4.77. The highest BCUT2D eigenvalue weighted by atomic mass is 16.5. The molecule has 4 heteroatoms. The van der Waals surface area contributed by atoms with Gasteiger partial charge in [-0.1, -0.05) is 18.2 Å². The zero-order valence-corrected chi connectivity index (χ0v) is 12.6. The van der Waals surface area contributed by atoms with Crippen LogP contribution in [0.3, 0.4) is 0 Å². The van der Waals surface area contributed by atoms with E-state index in [1.54, 1.807) is 21.3 Å². The van der Waals surface area contributed by atoms with Crippen LogP contribution in [0.4, 0.5) is 0 Å². The summed E-state index contributed by atoms with van der Waals surface area (Å²) < 4.78 is 15.9. The minimum atomic E-state index is -0.162. The Hall–Kier alpha value is -2.20. The first kappa shape index (κ1) is 15.2. The van der Waals surface area contributed by atoms with Crippen molar-refractivity contribution in [3.63, 3.8) is 0 Å². The largest absolute Gasteiger partial charge is 0.497 e. The van der Waals surface area contributed by atoms with Gasteiger partial charge in [-0.15, -0.1) is 0 Å². The Morgan fingerprint density at radius 2 is 1.52 bits per heavy atom. The molecule has 0 bridgehead atoms. The quantitative estimate of drug-likeness (QED) is 0.887. The van der Waals surface area contributed by atoms with E-state index in [9.17, 15) is 0 Å². The first-order valence-corrected chi connectivity index (χ1v) is 6.78. The van der Waals surface area contributed by atoms with Crippen molar-refractivity contribution >= 4 is 0 Å². The van der Waals surface area contributed by atoms with E-state index in [-0.39, 0.29) is 6.04 Å². The Morgan fingerprint density at radius 1 is 0.905 bits per heavy atom. The van der Waals surface area contributed by atoms with Gasteiger partial charge >= 0.3 is 0 Å². The van der Waals surface area contributed by atoms with Crippen LogP contribution in [-0.2, 0) is 6.42 Å². The van der Waals surface area contributed by atoms with Gasteiger partial charge in [-0.2, -0.15) is 0 Å². The van der Waals surface area contributed by atoms with Crippen molar-refractivity contribution in [1.82, 2.24) is 0 Å². The fourth-order valence-corrected chi connectivity index (χ4v) is 2.27. The maximum atomic E-state index is 6.33. The minimum Gasteiger partial charge on any atom is -0.497 e. The SMILES string of the molecule is COc1cc(OC)cc(C(N)Cc2ccccc2OC)c1. The van der Waals surface area contributed by atoms with Gasteiger partial charge in [0, 0.05) is 12.1 Å². The maximum absolute atomic E-state index is 6.33. The Labute approximate surface area is 125 Å². The molecule has 0 saturated carbocycles. The van der Waals surface area contributed by atoms with E-state index in [0.717, 1.165) is 28.4 Å². The lowest BCUT2D eigenvalue weighted by atomic mass is 9.98. The molecule has 0 saturated heterocycles. The molecule has 0 aliphatic heterocycles. The molecular formula is C17H21NO3. The summed E-state index contributed by atoms with van der Waals surface area (Å²) in [5, 5.41) is 0. The smallest absolute Gasteiger partial charge is 0.122 e. The third-order valence-electron chi connectivity index (χ3n) is 3.43. The Bertz CT molecular complexity index is 576. The first-order valence-electron chi connectivity index (χ1n) is 6.78. The van der Waals surface area contributed by atoms with Crippen molar-refractivity contribution in [2.45, 2.75) is 12.5 Å². The summed E-state index contributed by atoms with van der Waals surface area (Å²) in [5.41, 5.74) is 8.38. The minimum absolute atomic E-state index is 0.162. The monoisotopic (exact) mass is 287 g/mol. The van der Waals surface area contributed by atoms with Crippen molar-refractivity contribution in [1.29, 1.82) is 0 Å². The molecule has 112 valence electrons. The molecule has 1 unspecified atom stereocenters. The number of methoxy groups -OCH3 is 3. The molecule has 2 rings (SSSR count). The zero-order valence-electron chi connectivity index (χ0n) is 12.6. The number of rotatable bonds is 6. The molecule has 21 heavy (non-hydrogen) atoms. The van der Waals surface area contributed by atoms with Gasteiger partial charge in [-0.25, -0.2) is 0 Å². The van der Waals surface area contributed by atoms with Gasteiger partial charge in [0.05, 0.1) is 21.3 Å². The third-order valence-corrected chi connectivity index (χ3v) is 3.43. The number of hydrogen-bond acceptors (Lipinski definition) is 4. The molecule has 4 nitrogen and oxygen atoms in total. The molecule has 0 radical (unpaired) electrons. The lowest BCUT2D eigenvalue weighted by molar-refractivity contribution is 0.392. The highest BCUT2D eigenvalue weighted by Gasteiger charge is 2.13. The fourth-order valence-electron chi connectivity index (χ4n) is 2.27. The molecule has 0 aliphatic rings. The van der Waals surface area contributed by atoms with E-state index in [2.05, 4.69) is 0 Å². The van der Waals surface area contributed by atoms with Gasteiger partial charge in [-0.05, 0) is 35.7 Å². The fraction of sp³-hybridized carbons (Fsp3) is 0.294. The van der Waals surface area contributed by atoms with Crippen LogP contribution in [0.2, 0.25) is 0 Å². The highest BCUT2D eigenvalue weighted by Crippen LogP contribution is 2.29. The van der Waals surface area contributed by atoms with Gasteiger partial charge in [0.1, 0.15) is 17.2 Å². The average Bonchev–Trinajstić information content (AvgIpc) is 2.54. The van der Waals surface area contributed by atoms with Crippen LogP contribution < -0.4 is 19.9 Å². The molecule has 0 spiro atoms. The summed E-state index contributed by atoms with van der Waals surface area (Å²) in [6, 6.07) is 13.4. The lowest BCUT2D eigenvalue weighted by Gasteiger charge is -2.16. The van der Waals surface area contributed by atoms with Gasteiger partial charge < -0.3 is 19.9 Å². The highest BCUT2D eigenvalue weighted by molar-refractivity contribution is 5.41. The van der Waals surface area contributed by atoms with Crippen molar-refractivity contribution in [3.05, 3.63) is 53.6 Å². The summed E-state index contributed by atoms with van der Waals surface area (Å²) in [7, 11) is 4.92. The number of hydrogen-bond donors (Lipinski definition) is 1. The summed E-state index contributed by atoms with van der Waals surface area (Å²) in [4.78, 5) is 0. The summed E-state index contributed by atoms with van der Waals surface area (Å²) in [6.45, 7) is 0. The second kappa shape index (κ2) is 6.99. The summed E-state index contributed by atoms with van der Waals surface area (Å²) >= 11 is 0. The van der Waals surface area contributed by atoms with Crippen LogP contribution in [0.5, 0.6) is 17.2 Å². The summed E-state index contributed by atoms with van der Waals surface area (Å²) in [5.74, 6) is 2.32. The van der Waals surface area contributed by atoms with Crippen LogP contribution in [0.25, 0.3) is 0 Å². The number of nitrogens with two attached hydrogens (primary N) is 1. The van der Waals surface area contributed by atoms with E-state index < -0.39 is 0 Å². The Morgan fingerprint density at radius 3 is 2.10 bits per heavy atom. The van der Waals surface area contributed by atoms with E-state index in [0.29, 0.717) is 6.42 Å². The molecule has 0 heterocycles. The van der Waals surface area contributed by atoms with E-state index in [1.807, 2.05) is 42.5 Å². The van der Waals surface area contributed by atoms with Crippen LogP contribution >= 0.6 is 0 Å². The van der Waals surface area contributed by atoms with Gasteiger partial charge in [0.2, 0.25) is 0 Å². The Kier molecular flexibility index (Phi) is 5.06. The molecule has 2 N–H and O–H groups in total. The van der Waals surface area contributed by atoms with Crippen LogP contribution in [0, 0.1) is 0 Å². The number of para-hydroxylation sites is 1. The topological polar surface area (TPSA) is 53.7 Å². The molecule has 2 aromatic carbocycles. The molecule has 2 aromatic rings. The maximum Gasteiger partial charge on any atom is 0.122 e. The number of benzene rings is 2. The average molecular weight is 287 g/mol. The van der Waals surface area contributed by atoms with Crippen LogP contribution in [-0.4, -0.2) is 21.3 Å². The summed E-state index contributed by atoms with van der Waals surface area (Å²) in [6.07, 6.45) is 0.681. The molecule has 0 aromatic heterocycles. The van der Waals surface area contributed by atoms with Crippen molar-refractivity contribution in [2.75, 3.05) is 21.3 Å². The lowest BCUT2D eigenvalue weighted by Crippen LogP contribution is -2.14. The molecule has 0 fully saturated rings. The van der Waals surface area contributed by atoms with Crippen molar-refractivity contribution < 1.29 is 14.2 Å². The van der Waals surface area contributed by atoms with E-state index in [1.165, 1.54) is 0 Å². The predicted octanol–water partition coefficient (Wildman–Crippen LogP) is 2.95. The zero-order chi connectivity index (χ0) is 15.2.